The third-order valence-electron chi connectivity index (χ3n) is 8.23. The van der Waals surface area contributed by atoms with Gasteiger partial charge in [0.1, 0.15) is 0 Å². The molecule has 2 fully saturated rings. The van der Waals surface area contributed by atoms with Crippen LogP contribution in [0.25, 0.3) is 0 Å². The first-order valence-corrected chi connectivity index (χ1v) is 11.0. The minimum Gasteiger partial charge on any atom is -0.0625 e. The topological polar surface area (TPSA) is 0 Å². The number of rotatable bonds is 10. The smallest absolute Gasteiger partial charge is 0.0323 e. The lowest BCUT2D eigenvalue weighted by Gasteiger charge is -2.26. The van der Waals surface area contributed by atoms with E-state index in [0.717, 1.165) is 41.4 Å². The van der Waals surface area contributed by atoms with Crippen LogP contribution in [0.1, 0.15) is 101 Å². The molecule has 0 aromatic heterocycles. The molecule has 2 aliphatic carbocycles. The van der Waals surface area contributed by atoms with Gasteiger partial charge in [-0.25, -0.2) is 0 Å². The Balaban J connectivity index is 1.66. The Hall–Kier alpha value is 0. The van der Waals surface area contributed by atoms with Gasteiger partial charge >= 0.3 is 0 Å². The van der Waals surface area contributed by atoms with Crippen molar-refractivity contribution in [3.05, 3.63) is 0 Å². The van der Waals surface area contributed by atoms with Gasteiger partial charge in [-0.05, 0) is 77.9 Å². The predicted octanol–water partition coefficient (Wildman–Crippen LogP) is 7.82. The first-order valence-electron chi connectivity index (χ1n) is 11.0. The molecule has 0 heteroatoms. The molecule has 6 unspecified atom stereocenters. The quantitative estimate of drug-likeness (QED) is 0.382. The van der Waals surface area contributed by atoms with E-state index in [9.17, 15) is 0 Å². The Kier molecular flexibility index (Phi) is 6.19. The first-order chi connectivity index (χ1) is 11.0. The molecule has 2 aliphatic rings. The lowest BCUT2D eigenvalue weighted by atomic mass is 9.80. The molecule has 2 saturated carbocycles. The molecule has 6 atom stereocenters. The highest BCUT2D eigenvalue weighted by Gasteiger charge is 2.52. The van der Waals surface area contributed by atoms with Gasteiger partial charge in [0, 0.05) is 0 Å². The largest absolute Gasteiger partial charge is 0.0625 e. The summed E-state index contributed by atoms with van der Waals surface area (Å²) in [5.41, 5.74) is 1.22. The molecule has 0 saturated heterocycles. The van der Waals surface area contributed by atoms with E-state index < -0.39 is 0 Å². The van der Waals surface area contributed by atoms with Crippen molar-refractivity contribution >= 4 is 0 Å². The maximum atomic E-state index is 2.54. The molecule has 0 radical (unpaired) electrons. The highest BCUT2D eigenvalue weighted by atomic mass is 14.6. The summed E-state index contributed by atoms with van der Waals surface area (Å²) in [7, 11) is 0. The second kappa shape index (κ2) is 7.32. The lowest BCUT2D eigenvalue weighted by Crippen LogP contribution is -2.14. The highest BCUT2D eigenvalue weighted by molar-refractivity contribution is 5.00. The summed E-state index contributed by atoms with van der Waals surface area (Å²) in [5, 5.41) is 0. The Morgan fingerprint density at radius 1 is 1.00 bits per heavy atom. The van der Waals surface area contributed by atoms with E-state index in [1.54, 1.807) is 0 Å². The molecule has 0 aromatic carbocycles. The standard InChI is InChI=1S/C24H46/c1-16(2)18(4)22-19(5)21(22)17(3)11-10-13-23(6,7)14-12-20-15-24(20,8)9/h16-22H,10-15H2,1-9H3. The summed E-state index contributed by atoms with van der Waals surface area (Å²) in [6.07, 6.45) is 8.68. The van der Waals surface area contributed by atoms with Crippen molar-refractivity contribution in [3.63, 3.8) is 0 Å². The molecule has 24 heavy (non-hydrogen) atoms. The van der Waals surface area contributed by atoms with Crippen LogP contribution in [0.4, 0.5) is 0 Å². The molecule has 0 spiro atoms. The van der Waals surface area contributed by atoms with Crippen LogP contribution in [0.15, 0.2) is 0 Å². The van der Waals surface area contributed by atoms with Crippen LogP contribution in [-0.4, -0.2) is 0 Å². The van der Waals surface area contributed by atoms with Gasteiger partial charge in [-0.2, -0.15) is 0 Å². The van der Waals surface area contributed by atoms with Crippen LogP contribution in [0.2, 0.25) is 0 Å². The fourth-order valence-electron chi connectivity index (χ4n) is 5.55. The zero-order valence-electron chi connectivity index (χ0n) is 18.3. The zero-order valence-corrected chi connectivity index (χ0v) is 18.3. The number of hydrogen-bond donors (Lipinski definition) is 0. The highest BCUT2D eigenvalue weighted by Crippen LogP contribution is 2.57. The normalized spacial score (nSPS) is 34.2. The van der Waals surface area contributed by atoms with Crippen LogP contribution in [0.3, 0.4) is 0 Å². The SMILES string of the molecule is CC(C)C(C)C1C(C)C1C(C)CCCC(C)(C)CCC1CC1(C)C. The van der Waals surface area contributed by atoms with Crippen molar-refractivity contribution in [2.45, 2.75) is 101 Å². The Labute approximate surface area is 153 Å². The van der Waals surface area contributed by atoms with Crippen molar-refractivity contribution in [3.8, 4) is 0 Å². The molecular weight excluding hydrogens is 288 g/mol. The Bertz CT molecular complexity index is 402. The monoisotopic (exact) mass is 334 g/mol. The molecule has 0 aromatic rings. The molecule has 0 N–H and O–H groups in total. The van der Waals surface area contributed by atoms with E-state index >= 15 is 0 Å². The van der Waals surface area contributed by atoms with E-state index in [-0.39, 0.29) is 0 Å². The zero-order chi connectivity index (χ0) is 18.3. The van der Waals surface area contributed by atoms with Gasteiger partial charge in [0.2, 0.25) is 0 Å². The second-order valence-corrected chi connectivity index (χ2v) is 11.6. The molecule has 0 amide bonds. The summed E-state index contributed by atoms with van der Waals surface area (Å²) >= 11 is 0. The van der Waals surface area contributed by atoms with E-state index in [1.165, 1.54) is 38.5 Å². The van der Waals surface area contributed by atoms with Crippen LogP contribution in [0.5, 0.6) is 0 Å². The van der Waals surface area contributed by atoms with Crippen molar-refractivity contribution in [1.82, 2.24) is 0 Å². The average molecular weight is 335 g/mol. The number of hydrogen-bond acceptors (Lipinski definition) is 0. The molecule has 0 nitrogen and oxygen atoms in total. The molecular formula is C24H46. The molecule has 2 rings (SSSR count). The summed E-state index contributed by atoms with van der Waals surface area (Å²) in [4.78, 5) is 0. The summed E-state index contributed by atoms with van der Waals surface area (Å²) < 4.78 is 0. The van der Waals surface area contributed by atoms with Gasteiger partial charge in [0.15, 0.2) is 0 Å². The third-order valence-corrected chi connectivity index (χ3v) is 8.23. The van der Waals surface area contributed by atoms with Gasteiger partial charge in [-0.3, -0.25) is 0 Å². The Morgan fingerprint density at radius 2 is 1.58 bits per heavy atom. The second-order valence-electron chi connectivity index (χ2n) is 11.6. The molecule has 0 bridgehead atoms. The lowest BCUT2D eigenvalue weighted by molar-refractivity contribution is 0.259. The molecule has 0 aliphatic heterocycles. The van der Waals surface area contributed by atoms with Gasteiger partial charge in [-0.1, -0.05) is 75.2 Å². The van der Waals surface area contributed by atoms with E-state index in [4.69, 9.17) is 0 Å². The van der Waals surface area contributed by atoms with Crippen LogP contribution in [-0.2, 0) is 0 Å². The summed E-state index contributed by atoms with van der Waals surface area (Å²) in [5.74, 6) is 6.70. The maximum absolute atomic E-state index is 2.54. The van der Waals surface area contributed by atoms with Crippen molar-refractivity contribution in [1.29, 1.82) is 0 Å². The third kappa shape index (κ3) is 5.01. The summed E-state index contributed by atoms with van der Waals surface area (Å²) in [6, 6.07) is 0. The van der Waals surface area contributed by atoms with Gasteiger partial charge in [0.25, 0.3) is 0 Å². The minimum absolute atomic E-state index is 0.554. The first kappa shape index (κ1) is 20.3. The Morgan fingerprint density at radius 3 is 2.08 bits per heavy atom. The maximum Gasteiger partial charge on any atom is -0.0323 e. The fraction of sp³-hybridized carbons (Fsp3) is 1.00. The van der Waals surface area contributed by atoms with Crippen LogP contribution in [0, 0.1) is 52.3 Å². The van der Waals surface area contributed by atoms with Gasteiger partial charge in [-0.15, -0.1) is 0 Å². The molecule has 0 heterocycles. The van der Waals surface area contributed by atoms with Crippen molar-refractivity contribution < 1.29 is 0 Å². The van der Waals surface area contributed by atoms with E-state index in [0.29, 0.717) is 10.8 Å². The predicted molar refractivity (Wildman–Crippen MR) is 108 cm³/mol. The van der Waals surface area contributed by atoms with Crippen LogP contribution < -0.4 is 0 Å². The van der Waals surface area contributed by atoms with Crippen molar-refractivity contribution in [2.24, 2.45) is 52.3 Å². The van der Waals surface area contributed by atoms with Gasteiger partial charge < -0.3 is 0 Å². The average Bonchev–Trinajstić information content (AvgIpc) is 3.30. The van der Waals surface area contributed by atoms with Crippen LogP contribution >= 0.6 is 0 Å². The minimum atomic E-state index is 0.554. The fourth-order valence-corrected chi connectivity index (χ4v) is 5.55. The van der Waals surface area contributed by atoms with E-state index in [1.807, 2.05) is 0 Å². The molecule has 142 valence electrons. The summed E-state index contributed by atoms with van der Waals surface area (Å²) in [6.45, 7) is 22.2. The van der Waals surface area contributed by atoms with E-state index in [2.05, 4.69) is 62.3 Å². The van der Waals surface area contributed by atoms with Crippen molar-refractivity contribution in [2.75, 3.05) is 0 Å². The van der Waals surface area contributed by atoms with Gasteiger partial charge in [0.05, 0.1) is 0 Å².